The summed E-state index contributed by atoms with van der Waals surface area (Å²) in [4.78, 5) is 6.96. The largest absolute Gasteiger partial charge is 0.493 e. The zero-order chi connectivity index (χ0) is 21.1. The van der Waals surface area contributed by atoms with Gasteiger partial charge in [0.2, 0.25) is 15.9 Å². The van der Waals surface area contributed by atoms with Gasteiger partial charge in [0.25, 0.3) is 0 Å². The average molecular weight is 458 g/mol. The number of benzene rings is 2. The van der Waals surface area contributed by atoms with Crippen LogP contribution >= 0.6 is 12.4 Å². The van der Waals surface area contributed by atoms with E-state index in [1.54, 1.807) is 12.4 Å². The van der Waals surface area contributed by atoms with E-state index in [0.717, 1.165) is 29.3 Å². The first kappa shape index (κ1) is 22.4. The van der Waals surface area contributed by atoms with E-state index in [0.29, 0.717) is 11.4 Å². The third-order valence-electron chi connectivity index (χ3n) is 4.73. The van der Waals surface area contributed by atoms with Crippen molar-refractivity contribution in [1.82, 2.24) is 9.97 Å². The highest BCUT2D eigenvalue weighted by Crippen LogP contribution is 2.38. The van der Waals surface area contributed by atoms with Gasteiger partial charge >= 0.3 is 0 Å². The second kappa shape index (κ2) is 9.25. The number of aryl methyl sites for hydroxylation is 2. The molecule has 0 unspecified atom stereocenters. The predicted octanol–water partition coefficient (Wildman–Crippen LogP) is 4.54. The van der Waals surface area contributed by atoms with E-state index >= 15 is 0 Å². The molecule has 0 fully saturated rings. The molecular weight excluding hydrogens is 438 g/mol. The lowest BCUT2D eigenvalue weighted by molar-refractivity contribution is 0.459. The minimum absolute atomic E-state index is 0. The molecule has 0 bridgehead atoms. The molecule has 2 aromatic heterocycles. The molecule has 0 saturated carbocycles. The lowest BCUT2D eigenvalue weighted by Crippen LogP contribution is -2.11. The van der Waals surface area contributed by atoms with Gasteiger partial charge < -0.3 is 10.1 Å². The zero-order valence-electron chi connectivity index (χ0n) is 16.3. The van der Waals surface area contributed by atoms with E-state index in [1.807, 2.05) is 30.3 Å². The van der Waals surface area contributed by atoms with Gasteiger partial charge in [-0.05, 0) is 66.4 Å². The fraction of sp³-hybridized carbons (Fsp3) is 0.0952. The van der Waals surface area contributed by atoms with Crippen molar-refractivity contribution < 1.29 is 13.5 Å². The van der Waals surface area contributed by atoms with Gasteiger partial charge in [0.05, 0.1) is 16.1 Å². The molecular formula is C21H20ClN5O3S. The van der Waals surface area contributed by atoms with Crippen LogP contribution in [0.3, 0.4) is 0 Å². The van der Waals surface area contributed by atoms with Crippen molar-refractivity contribution in [2.45, 2.75) is 17.7 Å². The summed E-state index contributed by atoms with van der Waals surface area (Å²) in [5.74, 6) is -0.0775. The van der Waals surface area contributed by atoms with Crippen LogP contribution in [0, 0.1) is 0 Å². The zero-order valence-corrected chi connectivity index (χ0v) is 17.9. The Balaban J connectivity index is 0.00000272. The molecule has 0 aliphatic heterocycles. The molecule has 4 N–H and O–H groups in total. The Hall–Kier alpha value is -3.27. The number of H-pyrrole nitrogens is 1. The number of fused-ring (bicyclic) bond motifs is 1. The van der Waals surface area contributed by atoms with Gasteiger partial charge in [-0.3, -0.25) is 4.98 Å². The van der Waals surface area contributed by atoms with E-state index in [1.165, 1.54) is 29.8 Å². The van der Waals surface area contributed by atoms with Gasteiger partial charge in [0, 0.05) is 17.8 Å². The third-order valence-corrected chi connectivity index (χ3v) is 5.66. The van der Waals surface area contributed by atoms with Crippen LogP contribution < -0.4 is 5.14 Å². The van der Waals surface area contributed by atoms with E-state index in [4.69, 9.17) is 5.14 Å². The van der Waals surface area contributed by atoms with Crippen LogP contribution in [-0.4, -0.2) is 23.5 Å². The molecule has 2 heterocycles. The number of nitrogens with one attached hydrogen (secondary N) is 1. The van der Waals surface area contributed by atoms with Crippen LogP contribution in [0.4, 0.5) is 11.4 Å². The number of hydrogen-bond donors (Lipinski definition) is 3. The van der Waals surface area contributed by atoms with Crippen LogP contribution in [0.2, 0.25) is 0 Å². The number of nitrogens with zero attached hydrogens (tertiary/aromatic N) is 3. The fourth-order valence-electron chi connectivity index (χ4n) is 3.23. The number of pyridine rings is 1. The smallest absolute Gasteiger partial charge is 0.238 e. The Morgan fingerprint density at radius 3 is 2.35 bits per heavy atom. The maximum Gasteiger partial charge on any atom is 0.238 e. The molecule has 0 aliphatic rings. The van der Waals surface area contributed by atoms with Crippen molar-refractivity contribution in [3.63, 3.8) is 0 Å². The minimum atomic E-state index is -3.77. The van der Waals surface area contributed by atoms with Crippen molar-refractivity contribution in [3.05, 3.63) is 78.1 Å². The molecule has 0 atom stereocenters. The number of rotatable bonds is 6. The molecule has 0 aliphatic carbocycles. The fourth-order valence-corrected chi connectivity index (χ4v) is 3.75. The maximum absolute atomic E-state index is 11.4. The number of halogens is 1. The number of sulfonamides is 1. The van der Waals surface area contributed by atoms with Crippen LogP contribution in [0.15, 0.2) is 82.1 Å². The Morgan fingerprint density at radius 1 is 0.968 bits per heavy atom. The summed E-state index contributed by atoms with van der Waals surface area (Å²) in [7, 11) is -3.77. The number of nitrogens with two attached hydrogens (primary N) is 1. The molecule has 8 nitrogen and oxygen atoms in total. The summed E-state index contributed by atoms with van der Waals surface area (Å²) in [5.41, 5.74) is 3.73. The van der Waals surface area contributed by atoms with Crippen LogP contribution in [0.5, 0.6) is 5.88 Å². The Morgan fingerprint density at radius 2 is 1.68 bits per heavy atom. The number of primary sulfonamides is 1. The average Bonchev–Trinajstić information content (AvgIpc) is 3.06. The molecule has 10 heteroatoms. The standard InChI is InChI=1S/C21H19N5O3S.ClH/c22-30(28,29)17-8-6-16(7-9-17)25-26-20-19-15(2-1-3-18(19)24-21(20)27)5-4-14-10-12-23-13-11-14;/h1-3,6-13,24,27H,4-5H2,(H2,22,28,29);1H. The minimum Gasteiger partial charge on any atom is -0.493 e. The van der Waals surface area contributed by atoms with Crippen LogP contribution in [0.1, 0.15) is 11.1 Å². The summed E-state index contributed by atoms with van der Waals surface area (Å²) >= 11 is 0. The molecule has 0 saturated heterocycles. The quantitative estimate of drug-likeness (QED) is 0.366. The van der Waals surface area contributed by atoms with Gasteiger partial charge in [0.1, 0.15) is 0 Å². The molecule has 4 aromatic rings. The molecule has 2 aromatic carbocycles. The van der Waals surface area contributed by atoms with Crippen LogP contribution in [0.25, 0.3) is 10.9 Å². The van der Waals surface area contributed by atoms with Crippen molar-refractivity contribution in [3.8, 4) is 5.88 Å². The van der Waals surface area contributed by atoms with Gasteiger partial charge in [-0.2, -0.15) is 5.11 Å². The molecule has 0 radical (unpaired) electrons. The molecule has 31 heavy (non-hydrogen) atoms. The lowest BCUT2D eigenvalue weighted by Gasteiger charge is -2.05. The predicted molar refractivity (Wildman–Crippen MR) is 121 cm³/mol. The first-order valence-electron chi connectivity index (χ1n) is 9.18. The Bertz CT molecular complexity index is 1320. The third kappa shape index (κ3) is 5.08. The maximum atomic E-state index is 11.4. The van der Waals surface area contributed by atoms with Gasteiger partial charge in [-0.1, -0.05) is 12.1 Å². The van der Waals surface area contributed by atoms with E-state index in [2.05, 4.69) is 20.2 Å². The normalized spacial score (nSPS) is 11.6. The van der Waals surface area contributed by atoms with Crippen molar-refractivity contribution in [2.75, 3.05) is 0 Å². The Labute approximate surface area is 185 Å². The summed E-state index contributed by atoms with van der Waals surface area (Å²) < 4.78 is 22.7. The highest BCUT2D eigenvalue weighted by Gasteiger charge is 2.14. The van der Waals surface area contributed by atoms with Gasteiger partial charge in [0.15, 0.2) is 5.69 Å². The summed E-state index contributed by atoms with van der Waals surface area (Å²) in [6.45, 7) is 0. The molecule has 160 valence electrons. The first-order chi connectivity index (χ1) is 14.4. The summed E-state index contributed by atoms with van der Waals surface area (Å²) in [5, 5.41) is 24.6. The topological polar surface area (TPSA) is 134 Å². The molecule has 0 spiro atoms. The summed E-state index contributed by atoms with van der Waals surface area (Å²) in [6.07, 6.45) is 5.10. The van der Waals surface area contributed by atoms with E-state index < -0.39 is 10.0 Å². The van der Waals surface area contributed by atoms with Gasteiger partial charge in [-0.15, -0.1) is 17.5 Å². The van der Waals surface area contributed by atoms with Crippen molar-refractivity contribution in [2.24, 2.45) is 15.4 Å². The monoisotopic (exact) mass is 457 g/mol. The molecule has 0 amide bonds. The van der Waals surface area contributed by atoms with Crippen LogP contribution in [-0.2, 0) is 22.9 Å². The number of hydrogen-bond acceptors (Lipinski definition) is 6. The molecule has 4 rings (SSSR count). The van der Waals surface area contributed by atoms with E-state index in [9.17, 15) is 13.5 Å². The highest BCUT2D eigenvalue weighted by atomic mass is 35.5. The SMILES string of the molecule is Cl.NS(=O)(=O)c1ccc(N=Nc2c(O)[nH]c3cccc(CCc4ccncc4)c23)cc1. The second-order valence-electron chi connectivity index (χ2n) is 6.76. The van der Waals surface area contributed by atoms with Crippen molar-refractivity contribution >= 4 is 44.7 Å². The lowest BCUT2D eigenvalue weighted by atomic mass is 10.0. The number of aromatic hydroxyl groups is 1. The number of azo groups is 1. The van der Waals surface area contributed by atoms with Gasteiger partial charge in [-0.25, -0.2) is 13.6 Å². The Kier molecular flexibility index (Phi) is 6.69. The highest BCUT2D eigenvalue weighted by molar-refractivity contribution is 7.89. The van der Waals surface area contributed by atoms with E-state index in [-0.39, 0.29) is 23.2 Å². The summed E-state index contributed by atoms with van der Waals surface area (Å²) in [6, 6.07) is 15.5. The number of aromatic nitrogens is 2. The van der Waals surface area contributed by atoms with Crippen molar-refractivity contribution in [1.29, 1.82) is 0 Å². The number of aromatic amines is 1. The first-order valence-corrected chi connectivity index (χ1v) is 10.7. The second-order valence-corrected chi connectivity index (χ2v) is 8.32.